The van der Waals surface area contributed by atoms with E-state index in [0.717, 1.165) is 12.6 Å². The van der Waals surface area contributed by atoms with E-state index in [9.17, 15) is 0 Å². The number of nitrogens with one attached hydrogen (secondary N) is 1. The Morgan fingerprint density at radius 3 is 2.43 bits per heavy atom. The molecule has 2 saturated carbocycles. The Kier molecular flexibility index (Phi) is 7.05. The summed E-state index contributed by atoms with van der Waals surface area (Å²) < 4.78 is 0. The summed E-state index contributed by atoms with van der Waals surface area (Å²) in [5.41, 5.74) is 6.08. The predicted octanol–water partition coefficient (Wildman–Crippen LogP) is 2.86. The summed E-state index contributed by atoms with van der Waals surface area (Å²) in [6.07, 6.45) is 13.4. The quantitative estimate of drug-likeness (QED) is 0.429. The molecule has 0 spiro atoms. The third-order valence-corrected chi connectivity index (χ3v) is 5.12. The fourth-order valence-electron chi connectivity index (χ4n) is 3.81. The lowest BCUT2D eigenvalue weighted by Gasteiger charge is -2.35. The van der Waals surface area contributed by atoms with Crippen LogP contribution >= 0.6 is 24.0 Å². The lowest BCUT2D eigenvalue weighted by molar-refractivity contribution is 0.144. The number of nitrogens with zero attached hydrogens (tertiary/aromatic N) is 2. The van der Waals surface area contributed by atoms with Crippen molar-refractivity contribution in [3.63, 3.8) is 0 Å². The molecule has 3 N–H and O–H groups in total. The van der Waals surface area contributed by atoms with Gasteiger partial charge < -0.3 is 11.1 Å². The fraction of sp³-hybridized carbons (Fsp3) is 0.938. The van der Waals surface area contributed by atoms with Gasteiger partial charge in [0.05, 0.1) is 6.54 Å². The smallest absolute Gasteiger partial charge is 0.188 e. The number of aliphatic imine (C=N–C) groups is 1. The summed E-state index contributed by atoms with van der Waals surface area (Å²) in [5.74, 6) is 0.679. The molecular formula is C16H31IN4. The molecule has 3 aliphatic rings. The van der Waals surface area contributed by atoms with Crippen molar-refractivity contribution in [3.05, 3.63) is 0 Å². The van der Waals surface area contributed by atoms with Crippen LogP contribution in [-0.4, -0.2) is 42.1 Å². The molecule has 3 fully saturated rings. The number of nitrogens with two attached hydrogens (primary N) is 1. The summed E-state index contributed by atoms with van der Waals surface area (Å²) in [4.78, 5) is 7.34. The van der Waals surface area contributed by atoms with Crippen LogP contribution in [0.4, 0.5) is 0 Å². The fourth-order valence-corrected chi connectivity index (χ4v) is 3.81. The minimum absolute atomic E-state index is 0. The molecule has 5 heteroatoms. The first-order chi connectivity index (χ1) is 9.83. The van der Waals surface area contributed by atoms with E-state index in [2.05, 4.69) is 15.2 Å². The highest BCUT2D eigenvalue weighted by molar-refractivity contribution is 14.0. The van der Waals surface area contributed by atoms with E-state index < -0.39 is 0 Å². The maximum Gasteiger partial charge on any atom is 0.188 e. The average Bonchev–Trinajstić information content (AvgIpc) is 3.31. The van der Waals surface area contributed by atoms with Crippen LogP contribution in [0.15, 0.2) is 4.99 Å². The molecule has 1 saturated heterocycles. The van der Waals surface area contributed by atoms with Gasteiger partial charge >= 0.3 is 0 Å². The third kappa shape index (κ3) is 5.27. The van der Waals surface area contributed by atoms with E-state index in [1.807, 2.05) is 0 Å². The Morgan fingerprint density at radius 2 is 1.71 bits per heavy atom. The molecule has 0 bridgehead atoms. The Labute approximate surface area is 146 Å². The van der Waals surface area contributed by atoms with E-state index >= 15 is 0 Å². The normalized spacial score (nSPS) is 29.0. The van der Waals surface area contributed by atoms with E-state index in [0.29, 0.717) is 18.0 Å². The largest absolute Gasteiger partial charge is 0.370 e. The van der Waals surface area contributed by atoms with Gasteiger partial charge in [0.2, 0.25) is 0 Å². The highest BCUT2D eigenvalue weighted by Crippen LogP contribution is 2.32. The van der Waals surface area contributed by atoms with E-state index in [1.54, 1.807) is 0 Å². The summed E-state index contributed by atoms with van der Waals surface area (Å²) in [7, 11) is 0. The topological polar surface area (TPSA) is 53.6 Å². The molecule has 1 heterocycles. The van der Waals surface area contributed by atoms with Crippen molar-refractivity contribution in [1.82, 2.24) is 10.2 Å². The average molecular weight is 406 g/mol. The number of hydrogen-bond donors (Lipinski definition) is 2. The molecule has 2 aliphatic carbocycles. The second kappa shape index (κ2) is 8.56. The van der Waals surface area contributed by atoms with Crippen molar-refractivity contribution in [3.8, 4) is 0 Å². The van der Waals surface area contributed by atoms with Crippen molar-refractivity contribution in [2.24, 2.45) is 10.7 Å². The first-order valence-electron chi connectivity index (χ1n) is 8.65. The zero-order valence-corrected chi connectivity index (χ0v) is 15.4. The van der Waals surface area contributed by atoms with Crippen molar-refractivity contribution < 1.29 is 0 Å². The first kappa shape index (κ1) is 17.3. The van der Waals surface area contributed by atoms with Gasteiger partial charge in [0.25, 0.3) is 0 Å². The SMILES string of the molecule is I.NC(=NCC1CCCCN1C1CC1)NC1CCCCC1. The highest BCUT2D eigenvalue weighted by Gasteiger charge is 2.34. The Balaban J connectivity index is 0.00000161. The van der Waals surface area contributed by atoms with Crippen LogP contribution < -0.4 is 11.1 Å². The Hall–Kier alpha value is -0.0400. The maximum atomic E-state index is 6.08. The standard InChI is InChI=1S/C16H30N4.HI/c17-16(19-13-6-2-1-3-7-13)18-12-15-8-4-5-11-20(15)14-9-10-14;/h13-15H,1-12H2,(H3,17,18,19);1H. The van der Waals surface area contributed by atoms with Gasteiger partial charge in [0.1, 0.15) is 0 Å². The molecule has 1 aliphatic heterocycles. The molecule has 122 valence electrons. The molecule has 0 amide bonds. The second-order valence-electron chi connectivity index (χ2n) is 6.82. The van der Waals surface area contributed by atoms with Gasteiger partial charge in [0, 0.05) is 18.1 Å². The molecule has 1 atom stereocenters. The van der Waals surface area contributed by atoms with Gasteiger partial charge in [-0.05, 0) is 45.1 Å². The molecule has 21 heavy (non-hydrogen) atoms. The highest BCUT2D eigenvalue weighted by atomic mass is 127. The number of hydrogen-bond acceptors (Lipinski definition) is 2. The van der Waals surface area contributed by atoms with Crippen molar-refractivity contribution in [2.45, 2.75) is 82.3 Å². The van der Waals surface area contributed by atoms with E-state index in [1.165, 1.54) is 70.8 Å². The van der Waals surface area contributed by atoms with Gasteiger partial charge in [-0.3, -0.25) is 9.89 Å². The van der Waals surface area contributed by atoms with Gasteiger partial charge in [-0.25, -0.2) is 0 Å². The van der Waals surface area contributed by atoms with Crippen LogP contribution in [0.2, 0.25) is 0 Å². The van der Waals surface area contributed by atoms with Crippen LogP contribution in [0.25, 0.3) is 0 Å². The van der Waals surface area contributed by atoms with Gasteiger partial charge in [-0.1, -0.05) is 25.7 Å². The predicted molar refractivity (Wildman–Crippen MR) is 99.3 cm³/mol. The molecule has 0 radical (unpaired) electrons. The van der Waals surface area contributed by atoms with Crippen LogP contribution in [0.5, 0.6) is 0 Å². The monoisotopic (exact) mass is 406 g/mol. The molecule has 0 aromatic heterocycles. The van der Waals surface area contributed by atoms with Gasteiger partial charge in [-0.15, -0.1) is 24.0 Å². The number of likely N-dealkylation sites (tertiary alicyclic amines) is 1. The second-order valence-corrected chi connectivity index (χ2v) is 6.82. The molecule has 0 aromatic rings. The Bertz CT molecular complexity index is 337. The van der Waals surface area contributed by atoms with Crippen LogP contribution in [0, 0.1) is 0 Å². The summed E-state index contributed by atoms with van der Waals surface area (Å²) in [6.45, 7) is 2.17. The molecule has 4 nitrogen and oxygen atoms in total. The van der Waals surface area contributed by atoms with Crippen molar-refractivity contribution >= 4 is 29.9 Å². The molecular weight excluding hydrogens is 375 g/mol. The third-order valence-electron chi connectivity index (χ3n) is 5.12. The number of piperidine rings is 1. The Morgan fingerprint density at radius 1 is 1.00 bits per heavy atom. The van der Waals surface area contributed by atoms with Crippen LogP contribution in [-0.2, 0) is 0 Å². The summed E-state index contributed by atoms with van der Waals surface area (Å²) in [5, 5.41) is 3.43. The minimum atomic E-state index is 0. The number of halogens is 1. The minimum Gasteiger partial charge on any atom is -0.370 e. The van der Waals surface area contributed by atoms with Gasteiger partial charge in [0.15, 0.2) is 5.96 Å². The van der Waals surface area contributed by atoms with Crippen molar-refractivity contribution in [2.75, 3.05) is 13.1 Å². The van der Waals surface area contributed by atoms with E-state index in [-0.39, 0.29) is 24.0 Å². The van der Waals surface area contributed by atoms with E-state index in [4.69, 9.17) is 5.73 Å². The lowest BCUT2D eigenvalue weighted by atomic mass is 9.96. The zero-order chi connectivity index (χ0) is 13.8. The molecule has 1 unspecified atom stereocenters. The van der Waals surface area contributed by atoms with Gasteiger partial charge in [-0.2, -0.15) is 0 Å². The molecule has 3 rings (SSSR count). The van der Waals surface area contributed by atoms with Crippen LogP contribution in [0.1, 0.15) is 64.2 Å². The maximum absolute atomic E-state index is 6.08. The summed E-state index contributed by atoms with van der Waals surface area (Å²) >= 11 is 0. The number of rotatable bonds is 4. The lowest BCUT2D eigenvalue weighted by Crippen LogP contribution is -2.45. The van der Waals surface area contributed by atoms with Crippen LogP contribution in [0.3, 0.4) is 0 Å². The summed E-state index contributed by atoms with van der Waals surface area (Å²) in [6, 6.07) is 2.07. The van der Waals surface area contributed by atoms with Crippen molar-refractivity contribution in [1.29, 1.82) is 0 Å². The molecule has 0 aromatic carbocycles. The number of guanidine groups is 1. The zero-order valence-electron chi connectivity index (χ0n) is 13.1. The first-order valence-corrected chi connectivity index (χ1v) is 8.65.